The fourth-order valence-electron chi connectivity index (χ4n) is 3.64. The van der Waals surface area contributed by atoms with Crippen molar-refractivity contribution >= 4 is 86.1 Å². The maximum Gasteiger partial charge on any atom is 0.272 e. The number of hydrogen-bond donors (Lipinski definition) is 3. The van der Waals surface area contributed by atoms with E-state index in [0.29, 0.717) is 32.5 Å². The van der Waals surface area contributed by atoms with Crippen LogP contribution in [-0.4, -0.2) is 23.0 Å². The first-order valence-corrected chi connectivity index (χ1v) is 14.8. The predicted octanol–water partition coefficient (Wildman–Crippen LogP) is 8.28. The highest BCUT2D eigenvalue weighted by molar-refractivity contribution is 9.10. The molecule has 0 aliphatic heterocycles. The summed E-state index contributed by atoms with van der Waals surface area (Å²) in [6.45, 7) is 1.80. The molecule has 0 heterocycles. The molecular weight excluding hydrogens is 645 g/mol. The summed E-state index contributed by atoms with van der Waals surface area (Å²) in [5.74, 6) is -1.21. The maximum atomic E-state index is 13.4. The van der Waals surface area contributed by atoms with Gasteiger partial charge in [0.05, 0.1) is 10.9 Å². The third-order valence-corrected chi connectivity index (χ3v) is 8.17. The van der Waals surface area contributed by atoms with Gasteiger partial charge in [0.1, 0.15) is 5.70 Å². The molecule has 4 aromatic rings. The molecule has 3 amide bonds. The van der Waals surface area contributed by atoms with Gasteiger partial charge in [-0.25, -0.2) is 0 Å². The fourth-order valence-corrected chi connectivity index (χ4v) is 5.45. The molecule has 0 spiro atoms. The smallest absolute Gasteiger partial charge is 0.272 e. The van der Waals surface area contributed by atoms with Crippen LogP contribution in [0.15, 0.2) is 112 Å². The summed E-state index contributed by atoms with van der Waals surface area (Å²) in [6, 6.07) is 28.0. The standard InChI is InChI=1S/C31H24BrCl2N3O3S/c1-19(29(38)36-27-16-6-5-13-24(27)32)41-22-12-7-11-21(17-22)35-31(40)28(18-23-25(33)14-8-15-26(23)34)37-30(39)20-9-3-2-4-10-20/h2-19H,1H3,(H,35,40)(H,36,38)(H,37,39)/b28-18+. The molecule has 6 nitrogen and oxygen atoms in total. The SMILES string of the molecule is CC(Sc1cccc(NC(=O)/C(=C\c2c(Cl)cccc2Cl)NC(=O)c2ccccc2)c1)C(=O)Nc1ccccc1Br. The number of amides is 3. The van der Waals surface area contributed by atoms with Crippen LogP contribution < -0.4 is 16.0 Å². The topological polar surface area (TPSA) is 87.3 Å². The van der Waals surface area contributed by atoms with Crippen LogP contribution >= 0.6 is 50.9 Å². The lowest BCUT2D eigenvalue weighted by Crippen LogP contribution is -2.30. The van der Waals surface area contributed by atoms with Crippen molar-refractivity contribution in [3.8, 4) is 0 Å². The lowest BCUT2D eigenvalue weighted by atomic mass is 10.1. The van der Waals surface area contributed by atoms with Crippen molar-refractivity contribution in [3.05, 3.63) is 128 Å². The van der Waals surface area contributed by atoms with E-state index in [1.807, 2.05) is 30.3 Å². The van der Waals surface area contributed by atoms with Gasteiger partial charge in [-0.3, -0.25) is 14.4 Å². The molecule has 0 aromatic heterocycles. The summed E-state index contributed by atoms with van der Waals surface area (Å²) >= 11 is 17.4. The Bertz CT molecular complexity index is 1600. The Labute approximate surface area is 260 Å². The van der Waals surface area contributed by atoms with Crippen LogP contribution in [0.2, 0.25) is 10.0 Å². The monoisotopic (exact) mass is 667 g/mol. The van der Waals surface area contributed by atoms with Crippen LogP contribution in [0.1, 0.15) is 22.8 Å². The van der Waals surface area contributed by atoms with E-state index in [-0.39, 0.29) is 11.6 Å². The molecule has 0 saturated heterocycles. The minimum Gasteiger partial charge on any atom is -0.324 e. The van der Waals surface area contributed by atoms with Crippen molar-refractivity contribution in [1.29, 1.82) is 0 Å². The highest BCUT2D eigenvalue weighted by Gasteiger charge is 2.19. The van der Waals surface area contributed by atoms with E-state index in [0.717, 1.165) is 9.37 Å². The summed E-state index contributed by atoms with van der Waals surface area (Å²) in [6.07, 6.45) is 1.44. The van der Waals surface area contributed by atoms with Gasteiger partial charge in [-0.1, -0.05) is 65.7 Å². The number of carbonyl (C=O) groups is 3. The number of hydrogen-bond acceptors (Lipinski definition) is 4. The van der Waals surface area contributed by atoms with Crippen LogP contribution in [0.3, 0.4) is 0 Å². The molecule has 3 N–H and O–H groups in total. The van der Waals surface area contributed by atoms with Gasteiger partial charge in [0, 0.05) is 36.2 Å². The number of nitrogens with one attached hydrogen (secondary N) is 3. The zero-order valence-corrected chi connectivity index (χ0v) is 25.6. The van der Waals surface area contributed by atoms with Crippen molar-refractivity contribution in [2.75, 3.05) is 10.6 Å². The van der Waals surface area contributed by atoms with E-state index in [1.165, 1.54) is 17.8 Å². The molecule has 0 aliphatic carbocycles. The highest BCUT2D eigenvalue weighted by atomic mass is 79.9. The van der Waals surface area contributed by atoms with Crippen molar-refractivity contribution in [2.45, 2.75) is 17.1 Å². The van der Waals surface area contributed by atoms with Gasteiger partial charge in [-0.15, -0.1) is 11.8 Å². The Kier molecular flexibility index (Phi) is 10.7. The average Bonchev–Trinajstić information content (AvgIpc) is 2.96. The molecule has 1 unspecified atom stereocenters. The first-order chi connectivity index (χ1) is 19.7. The molecular formula is C31H24BrCl2N3O3S. The third kappa shape index (κ3) is 8.47. The van der Waals surface area contributed by atoms with Gasteiger partial charge >= 0.3 is 0 Å². The molecule has 0 bridgehead atoms. The Morgan fingerprint density at radius 2 is 1.49 bits per heavy atom. The largest absolute Gasteiger partial charge is 0.324 e. The molecule has 4 rings (SSSR count). The molecule has 4 aromatic carbocycles. The molecule has 0 radical (unpaired) electrons. The molecule has 208 valence electrons. The lowest BCUT2D eigenvalue weighted by Gasteiger charge is -2.15. The summed E-state index contributed by atoms with van der Waals surface area (Å²) < 4.78 is 0.788. The van der Waals surface area contributed by atoms with Crippen LogP contribution in [0.4, 0.5) is 11.4 Å². The van der Waals surface area contributed by atoms with Crippen molar-refractivity contribution in [3.63, 3.8) is 0 Å². The zero-order chi connectivity index (χ0) is 29.4. The minimum absolute atomic E-state index is 0.0481. The second-order valence-corrected chi connectivity index (χ2v) is 11.8. The van der Waals surface area contributed by atoms with E-state index < -0.39 is 17.1 Å². The number of thioether (sulfide) groups is 1. The Morgan fingerprint density at radius 3 is 2.20 bits per heavy atom. The first kappa shape index (κ1) is 30.4. The number of carbonyl (C=O) groups excluding carboxylic acids is 3. The number of rotatable bonds is 9. The van der Waals surface area contributed by atoms with E-state index >= 15 is 0 Å². The van der Waals surface area contributed by atoms with Gasteiger partial charge in [-0.05, 0) is 83.5 Å². The van der Waals surface area contributed by atoms with Gasteiger partial charge in [0.25, 0.3) is 11.8 Å². The molecule has 0 aliphatic rings. The molecule has 1 atom stereocenters. The summed E-state index contributed by atoms with van der Waals surface area (Å²) in [5, 5.41) is 8.63. The molecule has 0 saturated carbocycles. The zero-order valence-electron chi connectivity index (χ0n) is 21.7. The number of anilines is 2. The van der Waals surface area contributed by atoms with Crippen LogP contribution in [-0.2, 0) is 9.59 Å². The van der Waals surface area contributed by atoms with E-state index in [1.54, 1.807) is 73.7 Å². The third-order valence-electron chi connectivity index (χ3n) is 5.72. The second kappa shape index (κ2) is 14.4. The molecule has 41 heavy (non-hydrogen) atoms. The molecule has 10 heteroatoms. The lowest BCUT2D eigenvalue weighted by molar-refractivity contribution is -0.115. The van der Waals surface area contributed by atoms with Crippen LogP contribution in [0.5, 0.6) is 0 Å². The fraction of sp³-hybridized carbons (Fsp3) is 0.0645. The quantitative estimate of drug-likeness (QED) is 0.124. The summed E-state index contributed by atoms with van der Waals surface area (Å²) in [7, 11) is 0. The normalized spacial score (nSPS) is 11.9. The minimum atomic E-state index is -0.577. The van der Waals surface area contributed by atoms with Crippen LogP contribution in [0, 0.1) is 0 Å². The van der Waals surface area contributed by atoms with Gasteiger partial charge in [-0.2, -0.15) is 0 Å². The summed E-state index contributed by atoms with van der Waals surface area (Å²) in [5.41, 5.74) is 1.88. The van der Waals surface area contributed by atoms with E-state index in [9.17, 15) is 14.4 Å². The highest BCUT2D eigenvalue weighted by Crippen LogP contribution is 2.29. The molecule has 0 fully saturated rings. The van der Waals surface area contributed by atoms with Gasteiger partial charge < -0.3 is 16.0 Å². The van der Waals surface area contributed by atoms with Crippen molar-refractivity contribution in [1.82, 2.24) is 5.32 Å². The first-order valence-electron chi connectivity index (χ1n) is 12.4. The Hall–Kier alpha value is -3.56. The number of benzene rings is 4. The Balaban J connectivity index is 1.52. The number of para-hydroxylation sites is 1. The Morgan fingerprint density at radius 1 is 0.829 bits per heavy atom. The van der Waals surface area contributed by atoms with Crippen LogP contribution in [0.25, 0.3) is 6.08 Å². The second-order valence-electron chi connectivity index (χ2n) is 8.72. The van der Waals surface area contributed by atoms with E-state index in [2.05, 4.69) is 31.9 Å². The maximum absolute atomic E-state index is 13.4. The number of halogens is 3. The van der Waals surface area contributed by atoms with Crippen molar-refractivity contribution < 1.29 is 14.4 Å². The van der Waals surface area contributed by atoms with Crippen molar-refractivity contribution in [2.24, 2.45) is 0 Å². The van der Waals surface area contributed by atoms with E-state index in [4.69, 9.17) is 23.2 Å². The predicted molar refractivity (Wildman–Crippen MR) is 172 cm³/mol. The summed E-state index contributed by atoms with van der Waals surface area (Å²) in [4.78, 5) is 39.9. The van der Waals surface area contributed by atoms with Gasteiger partial charge in [0.2, 0.25) is 5.91 Å². The average molecular weight is 669 g/mol. The van der Waals surface area contributed by atoms with Gasteiger partial charge in [0.15, 0.2) is 0 Å².